The molecule has 5 atom stereocenters. The first-order valence-corrected chi connectivity index (χ1v) is 10.1. The lowest BCUT2D eigenvalue weighted by Gasteiger charge is -2.38. The molecule has 1 heterocycles. The minimum atomic E-state index is -0.594. The van der Waals surface area contributed by atoms with E-state index < -0.39 is 18.1 Å². The van der Waals surface area contributed by atoms with Gasteiger partial charge in [-0.15, -0.1) is 0 Å². The Kier molecular flexibility index (Phi) is 6.01. The van der Waals surface area contributed by atoms with E-state index >= 15 is 0 Å². The van der Waals surface area contributed by atoms with E-state index in [1.165, 1.54) is 0 Å². The van der Waals surface area contributed by atoms with Gasteiger partial charge in [-0.25, -0.2) is 0 Å². The number of carbonyl (C=O) groups excluding carboxylic acids is 2. The van der Waals surface area contributed by atoms with Gasteiger partial charge in [-0.2, -0.15) is 5.26 Å². The van der Waals surface area contributed by atoms with Gasteiger partial charge in [-0.3, -0.25) is 9.59 Å². The van der Waals surface area contributed by atoms with Crippen molar-refractivity contribution in [2.24, 2.45) is 22.7 Å². The molecule has 2 rings (SSSR count). The van der Waals surface area contributed by atoms with Gasteiger partial charge in [0.05, 0.1) is 6.07 Å². The molecule has 1 saturated carbocycles. The summed E-state index contributed by atoms with van der Waals surface area (Å²) < 4.78 is 0. The van der Waals surface area contributed by atoms with Gasteiger partial charge in [0.1, 0.15) is 18.1 Å². The maximum atomic E-state index is 13.5. The number of amides is 2. The minimum Gasteiger partial charge on any atom is -0.355 e. The number of nitrogens with one attached hydrogen (secondary N) is 2. The quantitative estimate of drug-likeness (QED) is 0.684. The zero-order valence-corrected chi connectivity index (χ0v) is 19.0. The first kappa shape index (κ1) is 22.4. The molecule has 2 fully saturated rings. The Hall–Kier alpha value is -1.88. The monoisotopic (exact) mass is 407 g/mol. The van der Waals surface area contributed by atoms with E-state index in [-0.39, 0.29) is 28.6 Å². The first-order valence-electron chi connectivity index (χ1n) is 9.71. The maximum Gasteiger partial charge on any atom is 0.246 e. The SMILES string of the molecule is C[C@@H](C#N)NC(=O)[C@@H]1[C@@H]2[C@H](CN1C(=O)[C@@H](NC(=S)N(C)C)C(C)(C)C)C2(C)C. The van der Waals surface area contributed by atoms with Gasteiger partial charge in [0.25, 0.3) is 0 Å². The third-order valence-electron chi connectivity index (χ3n) is 6.10. The Bertz CT molecular complexity index is 706. The third-order valence-corrected chi connectivity index (χ3v) is 6.58. The molecular weight excluding hydrogens is 374 g/mol. The van der Waals surface area contributed by atoms with Crippen molar-refractivity contribution in [1.82, 2.24) is 20.4 Å². The van der Waals surface area contributed by atoms with Crippen molar-refractivity contribution in [3.8, 4) is 6.07 Å². The largest absolute Gasteiger partial charge is 0.355 e. The Labute approximate surface area is 173 Å². The fourth-order valence-electron chi connectivity index (χ4n) is 4.21. The molecule has 7 nitrogen and oxygen atoms in total. The second-order valence-electron chi connectivity index (χ2n) is 9.89. The normalized spacial score (nSPS) is 27.1. The van der Waals surface area contributed by atoms with Crippen LogP contribution in [-0.4, -0.2) is 65.5 Å². The maximum absolute atomic E-state index is 13.5. The van der Waals surface area contributed by atoms with Crippen molar-refractivity contribution in [3.05, 3.63) is 0 Å². The summed E-state index contributed by atoms with van der Waals surface area (Å²) in [6.45, 7) is 12.4. The molecule has 0 aromatic carbocycles. The highest BCUT2D eigenvalue weighted by Gasteiger charge is 2.69. The molecule has 1 aliphatic heterocycles. The van der Waals surface area contributed by atoms with Gasteiger partial charge in [-0.05, 0) is 41.8 Å². The average Bonchev–Trinajstić information content (AvgIpc) is 2.95. The number of likely N-dealkylation sites (tertiary alicyclic amines) is 1. The van der Waals surface area contributed by atoms with E-state index in [1.54, 1.807) is 16.7 Å². The number of piperidine rings is 1. The number of hydrogen-bond acceptors (Lipinski definition) is 4. The van der Waals surface area contributed by atoms with Crippen molar-refractivity contribution in [2.75, 3.05) is 20.6 Å². The fraction of sp³-hybridized carbons (Fsp3) is 0.800. The molecular formula is C20H33N5O2S. The summed E-state index contributed by atoms with van der Waals surface area (Å²) in [6.07, 6.45) is 0. The Balaban J connectivity index is 2.29. The van der Waals surface area contributed by atoms with Gasteiger partial charge in [0, 0.05) is 20.6 Å². The third kappa shape index (κ3) is 4.09. The number of fused-ring (bicyclic) bond motifs is 1. The van der Waals surface area contributed by atoms with Crippen LogP contribution in [0.4, 0.5) is 0 Å². The molecule has 0 bridgehead atoms. The zero-order valence-electron chi connectivity index (χ0n) is 18.2. The number of carbonyl (C=O) groups is 2. The van der Waals surface area contributed by atoms with Crippen LogP contribution in [0.5, 0.6) is 0 Å². The highest BCUT2D eigenvalue weighted by Crippen LogP contribution is 2.65. The molecule has 2 aliphatic rings. The summed E-state index contributed by atoms with van der Waals surface area (Å²) in [7, 11) is 3.65. The van der Waals surface area contributed by atoms with Crippen LogP contribution >= 0.6 is 12.2 Å². The highest BCUT2D eigenvalue weighted by molar-refractivity contribution is 7.80. The number of thiocarbonyl (C=S) groups is 1. The summed E-state index contributed by atoms with van der Waals surface area (Å²) in [5.74, 6) is 0.0440. The summed E-state index contributed by atoms with van der Waals surface area (Å²) >= 11 is 5.37. The highest BCUT2D eigenvalue weighted by atomic mass is 32.1. The van der Waals surface area contributed by atoms with E-state index in [0.717, 1.165) is 0 Å². The van der Waals surface area contributed by atoms with Gasteiger partial charge in [-0.1, -0.05) is 34.6 Å². The average molecular weight is 408 g/mol. The molecule has 0 aromatic rings. The van der Waals surface area contributed by atoms with Gasteiger partial charge in [0.2, 0.25) is 11.8 Å². The molecule has 1 saturated heterocycles. The van der Waals surface area contributed by atoms with Crippen molar-refractivity contribution >= 4 is 29.1 Å². The van der Waals surface area contributed by atoms with E-state index in [4.69, 9.17) is 17.5 Å². The molecule has 2 N–H and O–H groups in total. The molecule has 0 radical (unpaired) electrons. The smallest absolute Gasteiger partial charge is 0.246 e. The van der Waals surface area contributed by atoms with E-state index in [9.17, 15) is 9.59 Å². The molecule has 0 aromatic heterocycles. The molecule has 156 valence electrons. The topological polar surface area (TPSA) is 88.5 Å². The van der Waals surface area contributed by atoms with E-state index in [2.05, 4.69) is 24.5 Å². The molecule has 2 amide bonds. The predicted octanol–water partition coefficient (Wildman–Crippen LogP) is 1.35. The van der Waals surface area contributed by atoms with Gasteiger partial charge in [0.15, 0.2) is 5.11 Å². The van der Waals surface area contributed by atoms with Crippen LogP contribution in [0.25, 0.3) is 0 Å². The lowest BCUT2D eigenvalue weighted by molar-refractivity contribution is -0.143. The van der Waals surface area contributed by atoms with Crippen LogP contribution < -0.4 is 10.6 Å². The van der Waals surface area contributed by atoms with E-state index in [1.807, 2.05) is 40.9 Å². The van der Waals surface area contributed by atoms with Crippen LogP contribution in [0.15, 0.2) is 0 Å². The second kappa shape index (κ2) is 7.51. The van der Waals surface area contributed by atoms with E-state index in [0.29, 0.717) is 17.6 Å². The number of nitriles is 1. The fourth-order valence-corrected chi connectivity index (χ4v) is 4.33. The number of rotatable bonds is 4. The molecule has 1 aliphatic carbocycles. The summed E-state index contributed by atoms with van der Waals surface area (Å²) in [5, 5.41) is 15.5. The number of nitrogens with zero attached hydrogens (tertiary/aromatic N) is 3. The van der Waals surface area contributed by atoms with Crippen LogP contribution in [0.1, 0.15) is 41.5 Å². The van der Waals surface area contributed by atoms with Crippen molar-refractivity contribution in [3.63, 3.8) is 0 Å². The Morgan fingerprint density at radius 1 is 1.29 bits per heavy atom. The second-order valence-corrected chi connectivity index (χ2v) is 10.3. The van der Waals surface area contributed by atoms with Crippen molar-refractivity contribution in [2.45, 2.75) is 59.7 Å². The predicted molar refractivity (Wildman–Crippen MR) is 112 cm³/mol. The Morgan fingerprint density at radius 3 is 2.32 bits per heavy atom. The summed E-state index contributed by atoms with van der Waals surface area (Å²) in [6, 6.07) is 0.331. The first-order chi connectivity index (χ1) is 12.7. The van der Waals surface area contributed by atoms with Crippen LogP contribution in [0.3, 0.4) is 0 Å². The lowest BCUT2D eigenvalue weighted by atomic mass is 9.85. The van der Waals surface area contributed by atoms with Crippen molar-refractivity contribution in [1.29, 1.82) is 5.26 Å². The van der Waals surface area contributed by atoms with Gasteiger partial charge < -0.3 is 20.4 Å². The van der Waals surface area contributed by atoms with Crippen LogP contribution in [0, 0.1) is 34.0 Å². The van der Waals surface area contributed by atoms with Gasteiger partial charge >= 0.3 is 0 Å². The Morgan fingerprint density at radius 2 is 1.86 bits per heavy atom. The van der Waals surface area contributed by atoms with Crippen LogP contribution in [0.2, 0.25) is 0 Å². The lowest BCUT2D eigenvalue weighted by Crippen LogP contribution is -2.60. The zero-order chi connectivity index (χ0) is 21.6. The minimum absolute atomic E-state index is 0.0261. The molecule has 0 spiro atoms. The molecule has 28 heavy (non-hydrogen) atoms. The summed E-state index contributed by atoms with van der Waals surface area (Å²) in [5.41, 5.74) is -0.362. The summed E-state index contributed by atoms with van der Waals surface area (Å²) in [4.78, 5) is 29.9. The van der Waals surface area contributed by atoms with Crippen LogP contribution in [-0.2, 0) is 9.59 Å². The molecule has 0 unspecified atom stereocenters. The molecule has 8 heteroatoms. The standard InChI is InChI=1S/C20H33N5O2S/c1-11(9-21)22-16(26)14-13-12(20(13,5)6)10-25(14)17(27)15(19(2,3)4)23-18(28)24(7)8/h11-15H,10H2,1-8H3,(H,22,26)(H,23,28)/t11-,12-,13-,14-,15+/m0/s1. The number of hydrogen-bond donors (Lipinski definition) is 2. The van der Waals surface area contributed by atoms with Crippen molar-refractivity contribution < 1.29 is 9.59 Å².